The molecule has 1 heterocycles. The Morgan fingerprint density at radius 1 is 0.794 bits per heavy atom. The molecule has 0 fully saturated rings. The van der Waals surface area contributed by atoms with Crippen molar-refractivity contribution in [2.45, 2.75) is 24.9 Å². The molecule has 0 saturated heterocycles. The highest BCUT2D eigenvalue weighted by atomic mass is 16.4. The maximum atomic E-state index is 13.4. The van der Waals surface area contributed by atoms with Crippen molar-refractivity contribution in [3.05, 3.63) is 108 Å². The molecule has 0 spiro atoms. The molecular formula is C27H25N3O4. The van der Waals surface area contributed by atoms with Gasteiger partial charge in [0.2, 0.25) is 5.91 Å². The second-order valence-corrected chi connectivity index (χ2v) is 7.97. The standard InChI is InChI=1S/C27H25N3O4/c31-24(32)16-15-23(29-26(33)21-17-28-22-14-8-7-13-20(21)22)27(34)30-25(18-9-3-1-4-10-18)19-11-5-2-6-12-19/h1-14,17,23,25,28H,15-16H2,(H,29,33)(H,30,34)(H,31,32)/t23-/m0/s1. The Morgan fingerprint density at radius 2 is 1.38 bits per heavy atom. The molecule has 1 atom stereocenters. The van der Waals surface area contributed by atoms with E-state index in [2.05, 4.69) is 15.6 Å². The molecule has 2 amide bonds. The lowest BCUT2D eigenvalue weighted by Gasteiger charge is -2.24. The smallest absolute Gasteiger partial charge is 0.303 e. The number of amides is 2. The lowest BCUT2D eigenvalue weighted by atomic mass is 9.98. The third-order valence-corrected chi connectivity index (χ3v) is 5.65. The molecule has 34 heavy (non-hydrogen) atoms. The van der Waals surface area contributed by atoms with Crippen molar-refractivity contribution in [1.82, 2.24) is 15.6 Å². The van der Waals surface area contributed by atoms with Gasteiger partial charge in [0.1, 0.15) is 6.04 Å². The Morgan fingerprint density at radius 3 is 2.00 bits per heavy atom. The molecule has 172 valence electrons. The highest BCUT2D eigenvalue weighted by Gasteiger charge is 2.26. The van der Waals surface area contributed by atoms with Crippen molar-refractivity contribution in [1.29, 1.82) is 0 Å². The van der Waals surface area contributed by atoms with Gasteiger partial charge < -0.3 is 20.7 Å². The summed E-state index contributed by atoms with van der Waals surface area (Å²) in [6, 6.07) is 24.9. The first-order valence-corrected chi connectivity index (χ1v) is 11.0. The van der Waals surface area contributed by atoms with Crippen LogP contribution in [0, 0.1) is 0 Å². The topological polar surface area (TPSA) is 111 Å². The monoisotopic (exact) mass is 455 g/mol. The van der Waals surface area contributed by atoms with Crippen LogP contribution in [-0.4, -0.2) is 33.9 Å². The number of aliphatic carboxylic acids is 1. The highest BCUT2D eigenvalue weighted by Crippen LogP contribution is 2.22. The third kappa shape index (κ3) is 5.32. The van der Waals surface area contributed by atoms with Gasteiger partial charge in [0, 0.05) is 23.5 Å². The summed E-state index contributed by atoms with van der Waals surface area (Å²) in [4.78, 5) is 40.7. The minimum atomic E-state index is -1.04. The average molecular weight is 456 g/mol. The number of carboxylic acid groups (broad SMARTS) is 1. The summed E-state index contributed by atoms with van der Waals surface area (Å²) in [5, 5.41) is 15.7. The molecule has 0 aliphatic carbocycles. The van der Waals surface area contributed by atoms with Crippen molar-refractivity contribution in [3.8, 4) is 0 Å². The van der Waals surface area contributed by atoms with Gasteiger partial charge in [0.05, 0.1) is 11.6 Å². The van der Waals surface area contributed by atoms with Gasteiger partial charge in [-0.3, -0.25) is 14.4 Å². The van der Waals surface area contributed by atoms with Gasteiger partial charge in [-0.15, -0.1) is 0 Å². The summed E-state index contributed by atoms with van der Waals surface area (Å²) >= 11 is 0. The van der Waals surface area contributed by atoms with E-state index in [0.29, 0.717) is 5.56 Å². The van der Waals surface area contributed by atoms with Crippen LogP contribution in [0.4, 0.5) is 0 Å². The molecule has 0 unspecified atom stereocenters. The Labute approximate surface area is 196 Å². The quantitative estimate of drug-likeness (QED) is 0.305. The first-order chi connectivity index (χ1) is 16.5. The molecule has 0 aliphatic heterocycles. The zero-order valence-corrected chi connectivity index (χ0v) is 18.4. The molecule has 0 saturated carbocycles. The number of H-pyrrole nitrogens is 1. The Kier molecular flexibility index (Phi) is 7.03. The van der Waals surface area contributed by atoms with Crippen molar-refractivity contribution in [3.63, 3.8) is 0 Å². The van der Waals surface area contributed by atoms with E-state index in [9.17, 15) is 19.5 Å². The molecule has 4 aromatic rings. The number of para-hydroxylation sites is 1. The van der Waals surface area contributed by atoms with Crippen LogP contribution in [0.1, 0.15) is 40.4 Å². The largest absolute Gasteiger partial charge is 0.481 e. The van der Waals surface area contributed by atoms with E-state index < -0.39 is 29.9 Å². The van der Waals surface area contributed by atoms with Gasteiger partial charge in [0.15, 0.2) is 0 Å². The van der Waals surface area contributed by atoms with Crippen LogP contribution in [0.2, 0.25) is 0 Å². The Balaban J connectivity index is 1.58. The van der Waals surface area contributed by atoms with Crippen LogP contribution in [0.3, 0.4) is 0 Å². The van der Waals surface area contributed by atoms with Crippen LogP contribution in [0.5, 0.6) is 0 Å². The zero-order valence-electron chi connectivity index (χ0n) is 18.4. The molecule has 1 aromatic heterocycles. The maximum absolute atomic E-state index is 13.4. The molecule has 0 aliphatic rings. The molecular weight excluding hydrogens is 430 g/mol. The highest BCUT2D eigenvalue weighted by molar-refractivity contribution is 6.07. The fourth-order valence-corrected chi connectivity index (χ4v) is 3.92. The molecule has 7 nitrogen and oxygen atoms in total. The van der Waals surface area contributed by atoms with Crippen LogP contribution in [0.25, 0.3) is 10.9 Å². The van der Waals surface area contributed by atoms with Gasteiger partial charge in [-0.05, 0) is 23.6 Å². The maximum Gasteiger partial charge on any atom is 0.303 e. The molecule has 7 heteroatoms. The van der Waals surface area contributed by atoms with E-state index in [0.717, 1.165) is 22.0 Å². The summed E-state index contributed by atoms with van der Waals surface area (Å²) < 4.78 is 0. The zero-order chi connectivity index (χ0) is 23.9. The normalized spacial score (nSPS) is 11.8. The number of aromatic nitrogens is 1. The summed E-state index contributed by atoms with van der Waals surface area (Å²) in [6.07, 6.45) is 1.29. The summed E-state index contributed by atoms with van der Waals surface area (Å²) in [6.45, 7) is 0. The molecule has 4 rings (SSSR count). The molecule has 3 aromatic carbocycles. The van der Waals surface area contributed by atoms with Crippen LogP contribution in [-0.2, 0) is 9.59 Å². The molecule has 0 radical (unpaired) electrons. The number of fused-ring (bicyclic) bond motifs is 1. The summed E-state index contributed by atoms with van der Waals surface area (Å²) in [7, 11) is 0. The number of carbonyl (C=O) groups excluding carboxylic acids is 2. The average Bonchev–Trinajstić information content (AvgIpc) is 3.30. The van der Waals surface area contributed by atoms with E-state index in [1.54, 1.807) is 6.20 Å². The van der Waals surface area contributed by atoms with E-state index in [1.165, 1.54) is 0 Å². The second kappa shape index (κ2) is 10.5. The van der Waals surface area contributed by atoms with E-state index >= 15 is 0 Å². The lowest BCUT2D eigenvalue weighted by molar-refractivity contribution is -0.137. The van der Waals surface area contributed by atoms with Crippen molar-refractivity contribution < 1.29 is 19.5 Å². The van der Waals surface area contributed by atoms with E-state index in [-0.39, 0.29) is 12.8 Å². The number of hydrogen-bond acceptors (Lipinski definition) is 3. The minimum Gasteiger partial charge on any atom is -0.481 e. The lowest BCUT2D eigenvalue weighted by Crippen LogP contribution is -2.48. The number of carboxylic acids is 1. The number of hydrogen-bond donors (Lipinski definition) is 4. The van der Waals surface area contributed by atoms with E-state index in [1.807, 2.05) is 84.9 Å². The third-order valence-electron chi connectivity index (χ3n) is 5.65. The summed E-state index contributed by atoms with van der Waals surface area (Å²) in [5.74, 6) is -1.94. The van der Waals surface area contributed by atoms with Crippen LogP contribution in [0.15, 0.2) is 91.1 Å². The van der Waals surface area contributed by atoms with Gasteiger partial charge in [-0.25, -0.2) is 0 Å². The van der Waals surface area contributed by atoms with Crippen molar-refractivity contribution in [2.75, 3.05) is 0 Å². The Hall–Kier alpha value is -4.39. The molecule has 4 N–H and O–H groups in total. The number of benzene rings is 3. The number of aromatic amines is 1. The van der Waals surface area contributed by atoms with Crippen LogP contribution < -0.4 is 10.6 Å². The number of carbonyl (C=O) groups is 3. The predicted molar refractivity (Wildman–Crippen MR) is 129 cm³/mol. The second-order valence-electron chi connectivity index (χ2n) is 7.97. The fourth-order valence-electron chi connectivity index (χ4n) is 3.92. The van der Waals surface area contributed by atoms with Crippen molar-refractivity contribution in [2.24, 2.45) is 0 Å². The van der Waals surface area contributed by atoms with Gasteiger partial charge in [0.25, 0.3) is 5.91 Å². The number of rotatable bonds is 9. The number of nitrogens with one attached hydrogen (secondary N) is 3. The first-order valence-electron chi connectivity index (χ1n) is 11.0. The predicted octanol–water partition coefficient (Wildman–Crippen LogP) is 4.04. The van der Waals surface area contributed by atoms with Gasteiger partial charge in [-0.2, -0.15) is 0 Å². The first kappa shape index (κ1) is 22.8. The van der Waals surface area contributed by atoms with E-state index in [4.69, 9.17) is 0 Å². The molecule has 0 bridgehead atoms. The Bertz CT molecular complexity index is 1250. The van der Waals surface area contributed by atoms with Gasteiger partial charge >= 0.3 is 5.97 Å². The fraction of sp³-hybridized carbons (Fsp3) is 0.148. The minimum absolute atomic E-state index is 0.0361. The summed E-state index contributed by atoms with van der Waals surface area (Å²) in [5.41, 5.74) is 2.95. The van der Waals surface area contributed by atoms with Crippen molar-refractivity contribution >= 4 is 28.7 Å². The van der Waals surface area contributed by atoms with Gasteiger partial charge in [-0.1, -0.05) is 78.9 Å². The SMILES string of the molecule is O=C(O)CC[C@H](NC(=O)c1c[nH]c2ccccc12)C(=O)NC(c1ccccc1)c1ccccc1. The van der Waals surface area contributed by atoms with Crippen LogP contribution >= 0.6 is 0 Å².